The van der Waals surface area contributed by atoms with E-state index in [4.69, 9.17) is 4.74 Å². The highest BCUT2D eigenvalue weighted by Gasteiger charge is 2.18. The number of rotatable bonds is 6. The van der Waals surface area contributed by atoms with Crippen molar-refractivity contribution in [2.45, 2.75) is 6.42 Å². The summed E-state index contributed by atoms with van der Waals surface area (Å²) in [5, 5.41) is 2.96. The molecule has 0 unspecified atom stereocenters. The Bertz CT molecular complexity index is 1080. The number of benzene rings is 2. The topological polar surface area (TPSA) is 66.8 Å². The van der Waals surface area contributed by atoms with Gasteiger partial charge in [0.2, 0.25) is 5.91 Å². The number of aryl methyl sites for hydroxylation is 1. The summed E-state index contributed by atoms with van der Waals surface area (Å²) in [7, 11) is 3.43. The number of piperazine rings is 1. The number of amides is 1. The van der Waals surface area contributed by atoms with Crippen LogP contribution in [0.25, 0.3) is 10.2 Å². The molecule has 1 fully saturated rings. The molecule has 1 N–H and O–H groups in total. The fourth-order valence-electron chi connectivity index (χ4n) is 3.72. The Kier molecular flexibility index (Phi) is 6.06. The maximum Gasteiger partial charge on any atom is 0.307 e. The summed E-state index contributed by atoms with van der Waals surface area (Å²) in [6.45, 7) is 4.49. The molecule has 1 aromatic heterocycles. The van der Waals surface area contributed by atoms with Crippen molar-refractivity contribution in [1.29, 1.82) is 0 Å². The van der Waals surface area contributed by atoms with Gasteiger partial charge in [0, 0.05) is 57.6 Å². The molecule has 2 aromatic carbocycles. The minimum Gasteiger partial charge on any atom is -0.497 e. The van der Waals surface area contributed by atoms with Crippen molar-refractivity contribution >= 4 is 38.8 Å². The number of carbonyl (C=O) groups excluding carboxylic acids is 1. The van der Waals surface area contributed by atoms with Gasteiger partial charge in [0.1, 0.15) is 5.75 Å². The number of thiazole rings is 1. The predicted molar refractivity (Wildman–Crippen MR) is 122 cm³/mol. The molecule has 158 valence electrons. The van der Waals surface area contributed by atoms with E-state index in [1.54, 1.807) is 18.7 Å². The van der Waals surface area contributed by atoms with Crippen molar-refractivity contribution < 1.29 is 9.53 Å². The number of hydrogen-bond donors (Lipinski definition) is 1. The summed E-state index contributed by atoms with van der Waals surface area (Å²) in [5.41, 5.74) is 2.82. The van der Waals surface area contributed by atoms with Crippen LogP contribution in [0.1, 0.15) is 6.42 Å². The Labute approximate surface area is 179 Å². The van der Waals surface area contributed by atoms with Crippen LogP contribution in [0.5, 0.6) is 5.75 Å². The number of fused-ring (bicyclic) bond motifs is 1. The maximum atomic E-state index is 12.4. The highest BCUT2D eigenvalue weighted by atomic mass is 32.1. The second-order valence-electron chi connectivity index (χ2n) is 7.43. The van der Waals surface area contributed by atoms with E-state index in [0.717, 1.165) is 54.4 Å². The number of nitrogens with zero attached hydrogens (tertiary/aromatic N) is 3. The number of anilines is 2. The molecule has 30 heavy (non-hydrogen) atoms. The summed E-state index contributed by atoms with van der Waals surface area (Å²) >= 11 is 1.19. The third-order valence-corrected chi connectivity index (χ3v) is 6.54. The molecule has 4 rings (SSSR count). The van der Waals surface area contributed by atoms with Gasteiger partial charge in [-0.1, -0.05) is 11.3 Å². The Balaban J connectivity index is 1.25. The van der Waals surface area contributed by atoms with Gasteiger partial charge < -0.3 is 19.5 Å². The van der Waals surface area contributed by atoms with Crippen molar-refractivity contribution in [3.8, 4) is 5.75 Å². The van der Waals surface area contributed by atoms with Crippen LogP contribution in [-0.4, -0.2) is 55.2 Å². The van der Waals surface area contributed by atoms with Crippen LogP contribution >= 0.6 is 11.3 Å². The first-order valence-electron chi connectivity index (χ1n) is 10.0. The SMILES string of the molecule is COc1ccc(N2CCN(CCC(=O)Nc3ccc4c(c3)sc(=O)n4C)CC2)cc1. The number of hydrogen-bond acceptors (Lipinski definition) is 6. The first kappa shape index (κ1) is 20.4. The molecular weight excluding hydrogens is 400 g/mol. The Morgan fingerprint density at radius 2 is 1.83 bits per heavy atom. The standard InChI is InChI=1S/C22H26N4O3S/c1-24-19-8-3-16(15-20(19)30-22(24)28)23-21(27)9-10-25-11-13-26(14-12-25)17-4-6-18(29-2)7-5-17/h3-8,15H,9-14H2,1-2H3,(H,23,27). The molecule has 7 nitrogen and oxygen atoms in total. The summed E-state index contributed by atoms with van der Waals surface area (Å²) < 4.78 is 7.73. The van der Waals surface area contributed by atoms with Crippen molar-refractivity contribution in [2.24, 2.45) is 7.05 Å². The summed E-state index contributed by atoms with van der Waals surface area (Å²) in [6.07, 6.45) is 0.450. The normalized spacial score (nSPS) is 14.8. The molecule has 1 saturated heterocycles. The van der Waals surface area contributed by atoms with Crippen LogP contribution in [0, 0.1) is 0 Å². The number of ether oxygens (including phenoxy) is 1. The van der Waals surface area contributed by atoms with Gasteiger partial charge in [0.05, 0.1) is 17.3 Å². The lowest BCUT2D eigenvalue weighted by Crippen LogP contribution is -2.47. The molecule has 3 aromatic rings. The fraction of sp³-hybridized carbons (Fsp3) is 0.364. The van der Waals surface area contributed by atoms with E-state index in [0.29, 0.717) is 6.42 Å². The van der Waals surface area contributed by atoms with Crippen molar-refractivity contribution in [2.75, 3.05) is 50.1 Å². The molecular formula is C22H26N4O3S. The van der Waals surface area contributed by atoms with Gasteiger partial charge in [-0.3, -0.25) is 14.5 Å². The first-order chi connectivity index (χ1) is 14.5. The van der Waals surface area contributed by atoms with Crippen molar-refractivity contribution in [3.63, 3.8) is 0 Å². The van der Waals surface area contributed by atoms with E-state index < -0.39 is 0 Å². The molecule has 0 aliphatic carbocycles. The van der Waals surface area contributed by atoms with Crippen LogP contribution in [0.2, 0.25) is 0 Å². The van der Waals surface area contributed by atoms with E-state index in [-0.39, 0.29) is 10.8 Å². The molecule has 0 radical (unpaired) electrons. The predicted octanol–water partition coefficient (Wildman–Crippen LogP) is 2.76. The highest BCUT2D eigenvalue weighted by molar-refractivity contribution is 7.16. The van der Waals surface area contributed by atoms with Crippen LogP contribution in [-0.2, 0) is 11.8 Å². The molecule has 0 saturated carbocycles. The number of methoxy groups -OCH3 is 1. The zero-order chi connectivity index (χ0) is 21.1. The molecule has 0 atom stereocenters. The van der Waals surface area contributed by atoms with Gasteiger partial charge in [-0.2, -0.15) is 0 Å². The summed E-state index contributed by atoms with van der Waals surface area (Å²) in [4.78, 5) is 28.8. The van der Waals surface area contributed by atoms with Crippen molar-refractivity contribution in [1.82, 2.24) is 9.47 Å². The van der Waals surface area contributed by atoms with E-state index in [1.807, 2.05) is 30.3 Å². The van der Waals surface area contributed by atoms with E-state index in [9.17, 15) is 9.59 Å². The lowest BCUT2D eigenvalue weighted by molar-refractivity contribution is -0.116. The second-order valence-corrected chi connectivity index (χ2v) is 8.43. The first-order valence-corrected chi connectivity index (χ1v) is 10.9. The molecule has 8 heteroatoms. The number of nitrogens with one attached hydrogen (secondary N) is 1. The van der Waals surface area contributed by atoms with Crippen LogP contribution in [0.15, 0.2) is 47.3 Å². The van der Waals surface area contributed by atoms with Gasteiger partial charge in [0.25, 0.3) is 0 Å². The largest absolute Gasteiger partial charge is 0.497 e. The monoisotopic (exact) mass is 426 g/mol. The Morgan fingerprint density at radius 1 is 1.10 bits per heavy atom. The zero-order valence-electron chi connectivity index (χ0n) is 17.3. The molecule has 0 spiro atoms. The average molecular weight is 427 g/mol. The lowest BCUT2D eigenvalue weighted by Gasteiger charge is -2.36. The van der Waals surface area contributed by atoms with Crippen LogP contribution in [0.3, 0.4) is 0 Å². The van der Waals surface area contributed by atoms with Gasteiger partial charge >= 0.3 is 4.87 Å². The maximum absolute atomic E-state index is 12.4. The average Bonchev–Trinajstić information content (AvgIpc) is 3.05. The molecule has 1 aliphatic rings. The van der Waals surface area contributed by atoms with E-state index >= 15 is 0 Å². The molecule has 2 heterocycles. The van der Waals surface area contributed by atoms with E-state index in [1.165, 1.54) is 17.0 Å². The van der Waals surface area contributed by atoms with Crippen LogP contribution < -0.4 is 19.8 Å². The summed E-state index contributed by atoms with van der Waals surface area (Å²) in [5.74, 6) is 0.860. The third kappa shape index (κ3) is 4.49. The van der Waals surface area contributed by atoms with Crippen molar-refractivity contribution in [3.05, 3.63) is 52.1 Å². The van der Waals surface area contributed by atoms with Gasteiger partial charge in [-0.25, -0.2) is 0 Å². The molecule has 1 aliphatic heterocycles. The molecule has 1 amide bonds. The van der Waals surface area contributed by atoms with Crippen LogP contribution in [0.4, 0.5) is 11.4 Å². The number of aromatic nitrogens is 1. The highest BCUT2D eigenvalue weighted by Crippen LogP contribution is 2.22. The van der Waals surface area contributed by atoms with Gasteiger partial charge in [-0.05, 0) is 42.5 Å². The minimum atomic E-state index is -0.00443. The van der Waals surface area contributed by atoms with Gasteiger partial charge in [0.15, 0.2) is 0 Å². The molecule has 0 bridgehead atoms. The Hall–Kier alpha value is -2.84. The smallest absolute Gasteiger partial charge is 0.307 e. The summed E-state index contributed by atoms with van der Waals surface area (Å²) in [6, 6.07) is 13.7. The quantitative estimate of drug-likeness (QED) is 0.657. The third-order valence-electron chi connectivity index (χ3n) is 5.54. The Morgan fingerprint density at radius 3 is 2.53 bits per heavy atom. The minimum absolute atomic E-state index is 0.00209. The zero-order valence-corrected chi connectivity index (χ0v) is 18.1. The lowest BCUT2D eigenvalue weighted by atomic mass is 10.2. The number of carbonyl (C=O) groups is 1. The fourth-order valence-corrected chi connectivity index (χ4v) is 4.64. The van der Waals surface area contributed by atoms with E-state index in [2.05, 4.69) is 27.2 Å². The second kappa shape index (κ2) is 8.89. The van der Waals surface area contributed by atoms with Gasteiger partial charge in [-0.15, -0.1) is 0 Å².